The Morgan fingerprint density at radius 3 is 3.08 bits per heavy atom. The molecule has 70 valence electrons. The van der Waals surface area contributed by atoms with Gasteiger partial charge in [-0.15, -0.1) is 0 Å². The molecule has 1 atom stereocenters. The third-order valence-corrected chi connectivity index (χ3v) is 3.37. The highest BCUT2D eigenvalue weighted by Crippen LogP contribution is 2.38. The number of anilines is 1. The molecule has 1 heterocycles. The number of rotatable bonds is 1. The van der Waals surface area contributed by atoms with E-state index in [1.54, 1.807) is 12.1 Å². The molecule has 2 nitrogen and oxygen atoms in total. The summed E-state index contributed by atoms with van der Waals surface area (Å²) in [5.74, 6) is 0.591. The lowest BCUT2D eigenvalue weighted by Gasteiger charge is -2.06. The molecule has 0 spiro atoms. The van der Waals surface area contributed by atoms with Crippen molar-refractivity contribution in [3.63, 3.8) is 0 Å². The third-order valence-electron chi connectivity index (χ3n) is 2.28. The van der Waals surface area contributed by atoms with Crippen molar-refractivity contribution in [1.82, 2.24) is 0 Å². The van der Waals surface area contributed by atoms with Gasteiger partial charge in [0.25, 0.3) is 0 Å². The number of nitrogens with one attached hydrogen (secondary N) is 1. The van der Waals surface area contributed by atoms with Crippen LogP contribution in [0.3, 0.4) is 0 Å². The lowest BCUT2D eigenvalue weighted by Crippen LogP contribution is -2.02. The van der Waals surface area contributed by atoms with Gasteiger partial charge in [-0.2, -0.15) is 0 Å². The van der Waals surface area contributed by atoms with Crippen molar-refractivity contribution in [3.05, 3.63) is 22.7 Å². The number of aromatic hydroxyl groups is 1. The van der Waals surface area contributed by atoms with Crippen LogP contribution in [0.2, 0.25) is 5.02 Å². The normalized spacial score (nSPS) is 19.7. The van der Waals surface area contributed by atoms with E-state index >= 15 is 0 Å². The Morgan fingerprint density at radius 2 is 2.38 bits per heavy atom. The van der Waals surface area contributed by atoms with Crippen LogP contribution in [0.15, 0.2) is 12.1 Å². The van der Waals surface area contributed by atoms with E-state index in [1.165, 1.54) is 0 Å². The standard InChI is InChI=1S/C9H9BrClNO/c10-3-5-4-12-8-2-7(11)9(13)1-6(5)8/h1-2,5,12-13H,3-4H2. The highest BCUT2D eigenvalue weighted by Gasteiger charge is 2.22. The quantitative estimate of drug-likeness (QED) is 0.602. The Hall–Kier alpha value is -0.410. The van der Waals surface area contributed by atoms with Gasteiger partial charge in [0.05, 0.1) is 5.02 Å². The zero-order valence-electron chi connectivity index (χ0n) is 6.85. The summed E-state index contributed by atoms with van der Waals surface area (Å²) in [6, 6.07) is 3.51. The lowest BCUT2D eigenvalue weighted by molar-refractivity contribution is 0.475. The molecule has 0 amide bonds. The van der Waals surface area contributed by atoms with Crippen molar-refractivity contribution in [2.75, 3.05) is 17.2 Å². The van der Waals surface area contributed by atoms with E-state index in [1.807, 2.05) is 0 Å². The average Bonchev–Trinajstić information content (AvgIpc) is 2.48. The van der Waals surface area contributed by atoms with Gasteiger partial charge in [-0.1, -0.05) is 27.5 Å². The second-order valence-corrected chi connectivity index (χ2v) is 4.18. The highest BCUT2D eigenvalue weighted by molar-refractivity contribution is 9.09. The van der Waals surface area contributed by atoms with Gasteiger partial charge in [0, 0.05) is 23.5 Å². The summed E-state index contributed by atoms with van der Waals surface area (Å²) in [5, 5.41) is 14.0. The van der Waals surface area contributed by atoms with Crippen LogP contribution >= 0.6 is 27.5 Å². The highest BCUT2D eigenvalue weighted by atomic mass is 79.9. The van der Waals surface area contributed by atoms with Crippen molar-refractivity contribution in [3.8, 4) is 5.75 Å². The Balaban J connectivity index is 2.47. The second-order valence-electron chi connectivity index (χ2n) is 3.12. The minimum absolute atomic E-state index is 0.162. The van der Waals surface area contributed by atoms with Crippen LogP contribution in [0.5, 0.6) is 5.75 Å². The zero-order chi connectivity index (χ0) is 9.42. The van der Waals surface area contributed by atoms with Crippen molar-refractivity contribution >= 4 is 33.2 Å². The molecule has 1 aromatic carbocycles. The fourth-order valence-corrected chi connectivity index (χ4v) is 2.29. The molecule has 2 N–H and O–H groups in total. The maximum absolute atomic E-state index is 9.42. The number of alkyl halides is 1. The van der Waals surface area contributed by atoms with Crippen LogP contribution in [0.4, 0.5) is 5.69 Å². The molecule has 1 aromatic rings. The zero-order valence-corrected chi connectivity index (χ0v) is 9.19. The van der Waals surface area contributed by atoms with E-state index < -0.39 is 0 Å². The molecule has 0 saturated carbocycles. The molecule has 0 aromatic heterocycles. The van der Waals surface area contributed by atoms with Crippen LogP contribution in [0, 0.1) is 0 Å². The Kier molecular flexibility index (Phi) is 2.39. The summed E-state index contributed by atoms with van der Waals surface area (Å²) < 4.78 is 0. The first-order valence-electron chi connectivity index (χ1n) is 4.04. The Bertz CT molecular complexity index is 343. The maximum Gasteiger partial charge on any atom is 0.134 e. The third kappa shape index (κ3) is 1.51. The Morgan fingerprint density at radius 1 is 1.62 bits per heavy atom. The molecule has 4 heteroatoms. The molecule has 1 unspecified atom stereocenters. The smallest absolute Gasteiger partial charge is 0.134 e. The summed E-state index contributed by atoms with van der Waals surface area (Å²) in [6.07, 6.45) is 0. The molecule has 0 saturated heterocycles. The molecule has 0 aliphatic carbocycles. The van der Waals surface area contributed by atoms with E-state index in [0.29, 0.717) is 10.9 Å². The molecular formula is C9H9BrClNO. The fourth-order valence-electron chi connectivity index (χ4n) is 1.55. The van der Waals surface area contributed by atoms with Gasteiger partial charge in [0.1, 0.15) is 5.75 Å². The molecule has 13 heavy (non-hydrogen) atoms. The van der Waals surface area contributed by atoms with Crippen molar-refractivity contribution in [2.45, 2.75) is 5.92 Å². The van der Waals surface area contributed by atoms with Gasteiger partial charge in [0.2, 0.25) is 0 Å². The second kappa shape index (κ2) is 3.39. The summed E-state index contributed by atoms with van der Waals surface area (Å²) >= 11 is 9.22. The number of hydrogen-bond donors (Lipinski definition) is 2. The van der Waals surface area contributed by atoms with E-state index in [4.69, 9.17) is 11.6 Å². The van der Waals surface area contributed by atoms with Gasteiger partial charge in [-0.25, -0.2) is 0 Å². The summed E-state index contributed by atoms with van der Waals surface area (Å²) in [7, 11) is 0. The van der Waals surface area contributed by atoms with E-state index in [0.717, 1.165) is 23.1 Å². The van der Waals surface area contributed by atoms with Crippen molar-refractivity contribution in [1.29, 1.82) is 0 Å². The summed E-state index contributed by atoms with van der Waals surface area (Å²) in [4.78, 5) is 0. The first-order valence-corrected chi connectivity index (χ1v) is 5.54. The molecule has 2 rings (SSSR count). The molecule has 0 fully saturated rings. The minimum atomic E-state index is 0.162. The van der Waals surface area contributed by atoms with E-state index in [9.17, 15) is 5.11 Å². The molecular weight excluding hydrogens is 253 g/mol. The molecule has 1 aliphatic rings. The number of phenolic OH excluding ortho intramolecular Hbond substituents is 1. The largest absolute Gasteiger partial charge is 0.506 e. The number of phenols is 1. The number of hydrogen-bond acceptors (Lipinski definition) is 2. The topological polar surface area (TPSA) is 32.3 Å². The van der Waals surface area contributed by atoms with Gasteiger partial charge in [0.15, 0.2) is 0 Å². The van der Waals surface area contributed by atoms with Gasteiger partial charge in [-0.05, 0) is 17.7 Å². The molecule has 0 radical (unpaired) electrons. The van der Waals surface area contributed by atoms with Crippen molar-refractivity contribution in [2.24, 2.45) is 0 Å². The van der Waals surface area contributed by atoms with Crippen LogP contribution in [0.1, 0.15) is 11.5 Å². The van der Waals surface area contributed by atoms with E-state index in [2.05, 4.69) is 21.2 Å². The predicted octanol–water partition coefficient (Wildman–Crippen LogP) is 2.95. The monoisotopic (exact) mass is 261 g/mol. The van der Waals surface area contributed by atoms with Crippen LogP contribution in [-0.4, -0.2) is 17.0 Å². The van der Waals surface area contributed by atoms with Gasteiger partial charge < -0.3 is 10.4 Å². The number of benzene rings is 1. The predicted molar refractivity (Wildman–Crippen MR) is 58.1 cm³/mol. The SMILES string of the molecule is Oc1cc2c(cc1Cl)NCC2CBr. The van der Waals surface area contributed by atoms with Gasteiger partial charge in [-0.3, -0.25) is 0 Å². The lowest BCUT2D eigenvalue weighted by atomic mass is 10.0. The van der Waals surface area contributed by atoms with Crippen LogP contribution in [0.25, 0.3) is 0 Å². The summed E-state index contributed by atoms with van der Waals surface area (Å²) in [5.41, 5.74) is 2.17. The summed E-state index contributed by atoms with van der Waals surface area (Å²) in [6.45, 7) is 0.903. The van der Waals surface area contributed by atoms with Crippen LogP contribution < -0.4 is 5.32 Å². The molecule has 0 bridgehead atoms. The first kappa shape index (κ1) is 9.16. The van der Waals surface area contributed by atoms with Crippen molar-refractivity contribution < 1.29 is 5.11 Å². The van der Waals surface area contributed by atoms with Gasteiger partial charge >= 0.3 is 0 Å². The average molecular weight is 263 g/mol. The maximum atomic E-state index is 9.42. The molecule has 1 aliphatic heterocycles. The van der Waals surface area contributed by atoms with E-state index in [-0.39, 0.29) is 5.75 Å². The Labute approximate surface area is 90.0 Å². The van der Waals surface area contributed by atoms with Crippen LogP contribution in [-0.2, 0) is 0 Å². The number of halogens is 2. The minimum Gasteiger partial charge on any atom is -0.506 e. The first-order chi connectivity index (χ1) is 6.22. The number of fused-ring (bicyclic) bond motifs is 1. The fraction of sp³-hybridized carbons (Fsp3) is 0.333.